The van der Waals surface area contributed by atoms with E-state index in [2.05, 4.69) is 12.2 Å². The molecule has 0 radical (unpaired) electrons. The van der Waals surface area contributed by atoms with Crippen molar-refractivity contribution in [3.05, 3.63) is 35.4 Å². The number of carbonyl (C=O) groups excluding carboxylic acids is 2. The molecule has 0 atom stereocenters. The highest BCUT2D eigenvalue weighted by atomic mass is 35.5. The van der Waals surface area contributed by atoms with Crippen molar-refractivity contribution in [2.75, 3.05) is 6.54 Å². The van der Waals surface area contributed by atoms with Crippen molar-refractivity contribution in [2.24, 2.45) is 5.73 Å². The van der Waals surface area contributed by atoms with Gasteiger partial charge in [-0.25, -0.2) is 0 Å². The normalized spacial score (nSPS) is 10.8. The summed E-state index contributed by atoms with van der Waals surface area (Å²) in [5.74, 6) is -0.113. The summed E-state index contributed by atoms with van der Waals surface area (Å²) in [6.07, 6.45) is 3.01. The Labute approximate surface area is 145 Å². The highest BCUT2D eigenvalue weighted by Gasteiger charge is 2.21. The number of carbonyl (C=O) groups is 2. The quantitative estimate of drug-likeness (QED) is 0.678. The second-order valence-corrected chi connectivity index (χ2v) is 5.82. The predicted octanol–water partition coefficient (Wildman–Crippen LogP) is 3.27. The van der Waals surface area contributed by atoms with Crippen LogP contribution in [0.5, 0.6) is 0 Å². The van der Waals surface area contributed by atoms with Crippen molar-refractivity contribution >= 4 is 24.1 Å². The van der Waals surface area contributed by atoms with E-state index in [1.54, 1.807) is 0 Å². The fraction of sp³-hybridized carbons (Fsp3) is 0.556. The van der Waals surface area contributed by atoms with Crippen molar-refractivity contribution in [1.29, 1.82) is 0 Å². The van der Waals surface area contributed by atoms with Gasteiger partial charge in [0.2, 0.25) is 5.91 Å². The number of nitrogens with one attached hydrogen (secondary N) is 1. The Morgan fingerprint density at radius 1 is 1.04 bits per heavy atom. The highest BCUT2D eigenvalue weighted by Crippen LogP contribution is 2.11. The van der Waals surface area contributed by atoms with E-state index in [-0.39, 0.29) is 42.5 Å². The lowest BCUT2D eigenvalue weighted by molar-refractivity contribution is -0.121. The van der Waals surface area contributed by atoms with Gasteiger partial charge in [-0.15, -0.1) is 12.4 Å². The van der Waals surface area contributed by atoms with Gasteiger partial charge in [-0.1, -0.05) is 45.0 Å². The molecule has 0 bridgehead atoms. The first kappa shape index (κ1) is 21.6. The van der Waals surface area contributed by atoms with E-state index >= 15 is 0 Å². The Balaban J connectivity index is 0.00000484. The molecule has 1 aromatic carbocycles. The molecule has 0 unspecified atom stereocenters. The largest absolute Gasteiger partial charge is 0.354 e. The van der Waals surface area contributed by atoms with Crippen molar-refractivity contribution in [1.82, 2.24) is 5.32 Å². The van der Waals surface area contributed by atoms with E-state index in [9.17, 15) is 9.59 Å². The molecule has 0 aromatic heterocycles. The summed E-state index contributed by atoms with van der Waals surface area (Å²) in [4.78, 5) is 23.9. The standard InChI is InChI=1S/C18H28N2O2.ClH/c1-4-14-7-9-15(10-8-14)16(21)11-12-17(22)20-13-18(19,5-2)6-3;/h7-10H,4-6,11-13,19H2,1-3H3,(H,20,22);1H. The maximum absolute atomic E-state index is 12.1. The van der Waals surface area contributed by atoms with Crippen LogP contribution in [-0.2, 0) is 11.2 Å². The number of hydrogen-bond acceptors (Lipinski definition) is 3. The van der Waals surface area contributed by atoms with Crippen LogP contribution >= 0.6 is 12.4 Å². The molecule has 0 saturated carbocycles. The van der Waals surface area contributed by atoms with Gasteiger partial charge in [0, 0.05) is 30.5 Å². The Morgan fingerprint density at radius 2 is 1.61 bits per heavy atom. The molecule has 0 saturated heterocycles. The summed E-state index contributed by atoms with van der Waals surface area (Å²) in [5.41, 5.74) is 7.65. The van der Waals surface area contributed by atoms with Gasteiger partial charge in [0.05, 0.1) is 0 Å². The van der Waals surface area contributed by atoms with Gasteiger partial charge in [-0.2, -0.15) is 0 Å². The fourth-order valence-corrected chi connectivity index (χ4v) is 2.16. The van der Waals surface area contributed by atoms with Crippen LogP contribution in [0.2, 0.25) is 0 Å². The molecule has 0 aliphatic carbocycles. The number of halogens is 1. The third kappa shape index (κ3) is 7.14. The number of nitrogens with two attached hydrogens (primary N) is 1. The second kappa shape index (κ2) is 10.4. The minimum atomic E-state index is -0.352. The molecule has 0 aliphatic heterocycles. The number of aryl methyl sites for hydroxylation is 1. The van der Waals surface area contributed by atoms with E-state index in [1.807, 2.05) is 38.1 Å². The maximum Gasteiger partial charge on any atom is 0.220 e. The first-order valence-corrected chi connectivity index (χ1v) is 8.11. The van der Waals surface area contributed by atoms with Crippen molar-refractivity contribution < 1.29 is 9.59 Å². The lowest BCUT2D eigenvalue weighted by Crippen LogP contribution is -2.49. The zero-order valence-corrected chi connectivity index (χ0v) is 15.2. The highest BCUT2D eigenvalue weighted by molar-refractivity contribution is 5.97. The molecule has 0 fully saturated rings. The molecule has 1 amide bonds. The van der Waals surface area contributed by atoms with E-state index in [4.69, 9.17) is 5.73 Å². The average Bonchev–Trinajstić information content (AvgIpc) is 2.57. The summed E-state index contributed by atoms with van der Waals surface area (Å²) >= 11 is 0. The van der Waals surface area contributed by atoms with E-state index in [0.29, 0.717) is 12.1 Å². The summed E-state index contributed by atoms with van der Waals surface area (Å²) in [5, 5.41) is 2.83. The molecule has 23 heavy (non-hydrogen) atoms. The second-order valence-electron chi connectivity index (χ2n) is 5.82. The van der Waals surface area contributed by atoms with Gasteiger partial charge < -0.3 is 11.1 Å². The smallest absolute Gasteiger partial charge is 0.220 e. The fourth-order valence-electron chi connectivity index (χ4n) is 2.16. The molecule has 0 spiro atoms. The van der Waals surface area contributed by atoms with Crippen molar-refractivity contribution in [3.63, 3.8) is 0 Å². The van der Waals surface area contributed by atoms with Crippen LogP contribution in [-0.4, -0.2) is 23.8 Å². The number of Topliss-reactive ketones (excluding diaryl/α,β-unsaturated/α-hetero) is 1. The minimum Gasteiger partial charge on any atom is -0.354 e. The number of rotatable bonds is 9. The lowest BCUT2D eigenvalue weighted by atomic mass is 9.94. The molecule has 5 heteroatoms. The zero-order chi connectivity index (χ0) is 16.6. The maximum atomic E-state index is 12.1. The minimum absolute atomic E-state index is 0. The van der Waals surface area contributed by atoms with Crippen LogP contribution in [0.3, 0.4) is 0 Å². The summed E-state index contributed by atoms with van der Waals surface area (Å²) in [6.45, 7) is 6.56. The van der Waals surface area contributed by atoms with Gasteiger partial charge in [0.1, 0.15) is 0 Å². The van der Waals surface area contributed by atoms with Gasteiger partial charge in [0.15, 0.2) is 5.78 Å². The van der Waals surface area contributed by atoms with Gasteiger partial charge >= 0.3 is 0 Å². The van der Waals surface area contributed by atoms with Crippen LogP contribution in [0.25, 0.3) is 0 Å². The number of amides is 1. The van der Waals surface area contributed by atoms with Crippen LogP contribution in [0.4, 0.5) is 0 Å². The summed E-state index contributed by atoms with van der Waals surface area (Å²) in [6, 6.07) is 7.58. The number of hydrogen-bond donors (Lipinski definition) is 2. The van der Waals surface area contributed by atoms with Crippen molar-refractivity contribution in [2.45, 2.75) is 58.4 Å². The molecule has 0 heterocycles. The molecular weight excluding hydrogens is 312 g/mol. The van der Waals surface area contributed by atoms with Crippen LogP contribution in [0.1, 0.15) is 62.4 Å². The summed E-state index contributed by atoms with van der Waals surface area (Å²) in [7, 11) is 0. The van der Waals surface area contributed by atoms with Gasteiger partial charge in [-0.3, -0.25) is 9.59 Å². The first-order valence-electron chi connectivity index (χ1n) is 8.11. The molecular formula is C18H29ClN2O2. The van der Waals surface area contributed by atoms with Gasteiger partial charge in [-0.05, 0) is 24.8 Å². The van der Waals surface area contributed by atoms with Crippen LogP contribution in [0.15, 0.2) is 24.3 Å². The average molecular weight is 341 g/mol. The first-order chi connectivity index (χ1) is 10.4. The molecule has 130 valence electrons. The molecule has 1 aromatic rings. The number of benzene rings is 1. The Morgan fingerprint density at radius 3 is 2.09 bits per heavy atom. The van der Waals surface area contributed by atoms with Crippen LogP contribution in [0, 0.1) is 0 Å². The van der Waals surface area contributed by atoms with Gasteiger partial charge in [0.25, 0.3) is 0 Å². The molecule has 4 nitrogen and oxygen atoms in total. The predicted molar refractivity (Wildman–Crippen MR) is 97.1 cm³/mol. The van der Waals surface area contributed by atoms with E-state index in [1.165, 1.54) is 5.56 Å². The third-order valence-corrected chi connectivity index (χ3v) is 4.31. The molecule has 1 rings (SSSR count). The van der Waals surface area contributed by atoms with Crippen molar-refractivity contribution in [3.8, 4) is 0 Å². The Bertz CT molecular complexity index is 496. The zero-order valence-electron chi connectivity index (χ0n) is 14.4. The Hall–Kier alpha value is -1.39. The Kier molecular flexibility index (Phi) is 9.77. The molecule has 0 aliphatic rings. The summed E-state index contributed by atoms with van der Waals surface area (Å²) < 4.78 is 0. The van der Waals surface area contributed by atoms with Crippen LogP contribution < -0.4 is 11.1 Å². The monoisotopic (exact) mass is 340 g/mol. The lowest BCUT2D eigenvalue weighted by Gasteiger charge is -2.26. The molecule has 3 N–H and O–H groups in total. The number of ketones is 1. The van der Waals surface area contributed by atoms with E-state index < -0.39 is 0 Å². The van der Waals surface area contributed by atoms with E-state index in [0.717, 1.165) is 19.3 Å². The topological polar surface area (TPSA) is 72.2 Å². The SMILES string of the molecule is CCc1ccc(C(=O)CCC(=O)NCC(N)(CC)CC)cc1.Cl. The third-order valence-electron chi connectivity index (χ3n) is 4.31.